The third-order valence-electron chi connectivity index (χ3n) is 5.83. The molecule has 1 saturated carbocycles. The zero-order valence-electron chi connectivity index (χ0n) is 18.1. The SMILES string of the molecule is CC(C)(C)n1nc(C(=O)Nc2cc(C(N)=O)ccc2N2CCCCC2)cc1C1CC1. The van der Waals surface area contributed by atoms with Crippen LogP contribution in [-0.4, -0.2) is 34.7 Å². The highest BCUT2D eigenvalue weighted by atomic mass is 16.2. The van der Waals surface area contributed by atoms with Gasteiger partial charge in [-0.3, -0.25) is 14.3 Å². The Bertz CT molecular complexity index is 962. The van der Waals surface area contributed by atoms with Crippen molar-refractivity contribution >= 4 is 23.2 Å². The van der Waals surface area contributed by atoms with Crippen LogP contribution in [0, 0.1) is 0 Å². The molecule has 0 radical (unpaired) electrons. The number of nitrogens with zero attached hydrogens (tertiary/aromatic N) is 3. The van der Waals surface area contributed by atoms with Crippen molar-refractivity contribution in [2.75, 3.05) is 23.3 Å². The summed E-state index contributed by atoms with van der Waals surface area (Å²) in [5, 5.41) is 7.64. The third-order valence-corrected chi connectivity index (χ3v) is 5.83. The van der Waals surface area contributed by atoms with Gasteiger partial charge in [0.25, 0.3) is 5.91 Å². The molecule has 1 aromatic carbocycles. The lowest BCUT2D eigenvalue weighted by molar-refractivity contribution is 0.0995. The van der Waals surface area contributed by atoms with E-state index in [2.05, 4.69) is 36.1 Å². The molecule has 7 nitrogen and oxygen atoms in total. The van der Waals surface area contributed by atoms with Crippen LogP contribution in [0.2, 0.25) is 0 Å². The van der Waals surface area contributed by atoms with E-state index in [1.807, 2.05) is 16.8 Å². The van der Waals surface area contributed by atoms with Crippen molar-refractivity contribution in [1.82, 2.24) is 9.78 Å². The summed E-state index contributed by atoms with van der Waals surface area (Å²) in [7, 11) is 0. The molecule has 0 unspecified atom stereocenters. The van der Waals surface area contributed by atoms with Gasteiger partial charge in [-0.15, -0.1) is 0 Å². The first-order chi connectivity index (χ1) is 14.2. The zero-order chi connectivity index (χ0) is 21.5. The topological polar surface area (TPSA) is 93.2 Å². The second kappa shape index (κ2) is 7.78. The van der Waals surface area contributed by atoms with Gasteiger partial charge >= 0.3 is 0 Å². The van der Waals surface area contributed by atoms with Gasteiger partial charge in [0.05, 0.1) is 16.9 Å². The second-order valence-corrected chi connectivity index (χ2v) is 9.41. The van der Waals surface area contributed by atoms with Crippen molar-refractivity contribution in [3.63, 3.8) is 0 Å². The molecular formula is C23H31N5O2. The number of carbonyl (C=O) groups is 2. The minimum atomic E-state index is -0.510. The molecule has 0 spiro atoms. The molecule has 2 fully saturated rings. The maximum Gasteiger partial charge on any atom is 0.276 e. The van der Waals surface area contributed by atoms with E-state index in [9.17, 15) is 9.59 Å². The van der Waals surface area contributed by atoms with Crippen LogP contribution in [0.1, 0.15) is 85.3 Å². The fraction of sp³-hybridized carbons (Fsp3) is 0.522. The molecule has 0 atom stereocenters. The number of nitrogens with one attached hydrogen (secondary N) is 1. The number of aromatic nitrogens is 2. The third kappa shape index (κ3) is 4.20. The summed E-state index contributed by atoms with van der Waals surface area (Å²) >= 11 is 0. The number of hydrogen-bond acceptors (Lipinski definition) is 4. The number of carbonyl (C=O) groups excluding carboxylic acids is 2. The largest absolute Gasteiger partial charge is 0.370 e. The second-order valence-electron chi connectivity index (χ2n) is 9.41. The first kappa shape index (κ1) is 20.4. The Balaban J connectivity index is 1.65. The van der Waals surface area contributed by atoms with Gasteiger partial charge in [-0.2, -0.15) is 5.10 Å². The molecule has 2 amide bonds. The van der Waals surface area contributed by atoms with E-state index in [1.165, 1.54) is 6.42 Å². The van der Waals surface area contributed by atoms with Crippen molar-refractivity contribution in [2.45, 2.75) is 64.3 Å². The zero-order valence-corrected chi connectivity index (χ0v) is 18.1. The van der Waals surface area contributed by atoms with E-state index in [1.54, 1.807) is 12.1 Å². The Morgan fingerprint density at radius 1 is 1.10 bits per heavy atom. The molecule has 0 bridgehead atoms. The van der Waals surface area contributed by atoms with Gasteiger partial charge in [-0.25, -0.2) is 0 Å². The minimum absolute atomic E-state index is 0.193. The molecule has 2 heterocycles. The monoisotopic (exact) mass is 409 g/mol. The lowest BCUT2D eigenvalue weighted by Crippen LogP contribution is -2.30. The van der Waals surface area contributed by atoms with Crippen LogP contribution < -0.4 is 16.0 Å². The predicted molar refractivity (Wildman–Crippen MR) is 118 cm³/mol. The Morgan fingerprint density at radius 2 is 1.80 bits per heavy atom. The summed E-state index contributed by atoms with van der Waals surface area (Å²) in [6.07, 6.45) is 5.73. The fourth-order valence-corrected chi connectivity index (χ4v) is 4.10. The molecule has 1 aromatic heterocycles. The van der Waals surface area contributed by atoms with Crippen LogP contribution in [0.15, 0.2) is 24.3 Å². The highest BCUT2D eigenvalue weighted by Crippen LogP contribution is 2.42. The highest BCUT2D eigenvalue weighted by molar-refractivity contribution is 6.06. The molecule has 30 heavy (non-hydrogen) atoms. The van der Waals surface area contributed by atoms with E-state index in [0.29, 0.717) is 22.9 Å². The molecule has 4 rings (SSSR count). The van der Waals surface area contributed by atoms with Crippen LogP contribution in [0.25, 0.3) is 0 Å². The van der Waals surface area contributed by atoms with Crippen LogP contribution in [0.4, 0.5) is 11.4 Å². The molecule has 2 aliphatic rings. The van der Waals surface area contributed by atoms with Gasteiger partial charge < -0.3 is 16.0 Å². The van der Waals surface area contributed by atoms with Crippen molar-refractivity contribution in [2.24, 2.45) is 5.73 Å². The van der Waals surface area contributed by atoms with E-state index in [0.717, 1.165) is 50.2 Å². The van der Waals surface area contributed by atoms with Crippen LogP contribution in [-0.2, 0) is 5.54 Å². The molecular weight excluding hydrogens is 378 g/mol. The van der Waals surface area contributed by atoms with Gasteiger partial charge in [-0.1, -0.05) is 0 Å². The smallest absolute Gasteiger partial charge is 0.276 e. The number of nitrogens with two attached hydrogens (primary N) is 1. The fourth-order valence-electron chi connectivity index (χ4n) is 4.10. The summed E-state index contributed by atoms with van der Waals surface area (Å²) in [4.78, 5) is 27.1. The number of amides is 2. The number of rotatable bonds is 5. The summed E-state index contributed by atoms with van der Waals surface area (Å²) in [6.45, 7) is 8.15. The van der Waals surface area contributed by atoms with E-state index >= 15 is 0 Å². The predicted octanol–water partition coefficient (Wildman–Crippen LogP) is 3.86. The molecule has 1 saturated heterocycles. The standard InChI is InChI=1S/C23H31N5O2/c1-23(2,3)28-20(15-7-8-15)14-18(26-28)22(30)25-17-13-16(21(24)29)9-10-19(17)27-11-5-4-6-12-27/h9-10,13-15H,4-8,11-12H2,1-3H3,(H2,24,29)(H,25,30). The Labute approximate surface area is 177 Å². The molecule has 7 heteroatoms. The van der Waals surface area contributed by atoms with Crippen LogP contribution in [0.5, 0.6) is 0 Å². The number of hydrogen-bond donors (Lipinski definition) is 2. The molecule has 160 valence electrons. The van der Waals surface area contributed by atoms with E-state index in [-0.39, 0.29) is 11.4 Å². The molecule has 1 aliphatic carbocycles. The van der Waals surface area contributed by atoms with E-state index < -0.39 is 5.91 Å². The average Bonchev–Trinajstić information content (AvgIpc) is 3.45. The lowest BCUT2D eigenvalue weighted by Gasteiger charge is -2.30. The van der Waals surface area contributed by atoms with Gasteiger partial charge in [0.15, 0.2) is 5.69 Å². The van der Waals surface area contributed by atoms with Crippen molar-refractivity contribution in [3.8, 4) is 0 Å². The Hall–Kier alpha value is -2.83. The van der Waals surface area contributed by atoms with Gasteiger partial charge in [0, 0.05) is 30.3 Å². The van der Waals surface area contributed by atoms with Gasteiger partial charge in [0.1, 0.15) is 0 Å². The Morgan fingerprint density at radius 3 is 2.40 bits per heavy atom. The maximum absolute atomic E-state index is 13.1. The molecule has 3 N–H and O–H groups in total. The summed E-state index contributed by atoms with van der Waals surface area (Å²) in [5.74, 6) is -0.288. The first-order valence-corrected chi connectivity index (χ1v) is 10.8. The Kier molecular flexibility index (Phi) is 5.30. The average molecular weight is 410 g/mol. The molecule has 1 aliphatic heterocycles. The van der Waals surface area contributed by atoms with Crippen LogP contribution >= 0.6 is 0 Å². The summed E-state index contributed by atoms with van der Waals surface area (Å²) in [5.41, 5.74) is 8.72. The first-order valence-electron chi connectivity index (χ1n) is 10.8. The normalized spacial score (nSPS) is 17.1. The minimum Gasteiger partial charge on any atom is -0.370 e. The highest BCUT2D eigenvalue weighted by Gasteiger charge is 2.32. The van der Waals surface area contributed by atoms with Gasteiger partial charge in [0.2, 0.25) is 5.91 Å². The van der Waals surface area contributed by atoms with E-state index in [4.69, 9.17) is 5.73 Å². The number of primary amides is 1. The van der Waals surface area contributed by atoms with Crippen molar-refractivity contribution in [3.05, 3.63) is 41.2 Å². The molecule has 2 aromatic rings. The maximum atomic E-state index is 13.1. The quantitative estimate of drug-likeness (QED) is 0.784. The summed E-state index contributed by atoms with van der Waals surface area (Å²) < 4.78 is 1.98. The van der Waals surface area contributed by atoms with Crippen molar-refractivity contribution < 1.29 is 9.59 Å². The number of benzene rings is 1. The summed E-state index contributed by atoms with van der Waals surface area (Å²) in [6, 6.07) is 7.19. The number of anilines is 2. The van der Waals surface area contributed by atoms with Gasteiger partial charge in [-0.05, 0) is 77.1 Å². The van der Waals surface area contributed by atoms with Crippen LogP contribution in [0.3, 0.4) is 0 Å². The lowest BCUT2D eigenvalue weighted by atomic mass is 10.1. The van der Waals surface area contributed by atoms with Crippen molar-refractivity contribution in [1.29, 1.82) is 0 Å². The number of piperidine rings is 1.